The van der Waals surface area contributed by atoms with E-state index in [1.807, 2.05) is 18.2 Å². The highest BCUT2D eigenvalue weighted by Crippen LogP contribution is 2.36. The Morgan fingerprint density at radius 2 is 2.21 bits per heavy atom. The summed E-state index contributed by atoms with van der Waals surface area (Å²) >= 11 is 6.12. The summed E-state index contributed by atoms with van der Waals surface area (Å²) in [5, 5.41) is 11.5. The Balaban J connectivity index is 1.74. The second-order valence-corrected chi connectivity index (χ2v) is 7.49. The molecule has 0 bridgehead atoms. The van der Waals surface area contributed by atoms with Crippen molar-refractivity contribution in [3.63, 3.8) is 0 Å². The first-order valence-corrected chi connectivity index (χ1v) is 9.80. The maximum Gasteiger partial charge on any atom is 0.314 e. The summed E-state index contributed by atoms with van der Waals surface area (Å²) in [5.74, 6) is -0.275. The van der Waals surface area contributed by atoms with E-state index in [1.54, 1.807) is 17.9 Å². The van der Waals surface area contributed by atoms with Gasteiger partial charge in [0.2, 0.25) is 5.91 Å². The maximum atomic E-state index is 12.9. The van der Waals surface area contributed by atoms with Crippen molar-refractivity contribution in [1.29, 1.82) is 0 Å². The second-order valence-electron chi connectivity index (χ2n) is 7.05. The standard InChI is InChI=1S/C19H24ClN5O3/c1-2-28-18(27)19(12-15-5-3-6-16(20)11-15)8-4-9-24(13-19)17(26)7-10-25-14-21-22-23-25/h3,5-6,11,14H,2,4,7-10,12-13H2,1H3/t19-/m1/s1. The molecule has 0 spiro atoms. The fourth-order valence-electron chi connectivity index (χ4n) is 3.70. The van der Waals surface area contributed by atoms with Gasteiger partial charge in [0.25, 0.3) is 0 Å². The lowest BCUT2D eigenvalue weighted by Gasteiger charge is -2.41. The Bertz CT molecular complexity index is 814. The molecule has 2 heterocycles. The molecule has 1 aliphatic heterocycles. The van der Waals surface area contributed by atoms with Crippen molar-refractivity contribution in [2.24, 2.45) is 5.41 Å². The highest BCUT2D eigenvalue weighted by molar-refractivity contribution is 6.30. The summed E-state index contributed by atoms with van der Waals surface area (Å²) in [6.07, 6.45) is 3.67. The van der Waals surface area contributed by atoms with Gasteiger partial charge < -0.3 is 9.64 Å². The van der Waals surface area contributed by atoms with E-state index < -0.39 is 5.41 Å². The lowest BCUT2D eigenvalue weighted by Crippen LogP contribution is -2.51. The van der Waals surface area contributed by atoms with Crippen LogP contribution < -0.4 is 0 Å². The quantitative estimate of drug-likeness (QED) is 0.655. The molecule has 1 saturated heterocycles. The third-order valence-corrected chi connectivity index (χ3v) is 5.25. The van der Waals surface area contributed by atoms with Gasteiger partial charge in [-0.05, 0) is 54.3 Å². The number of hydrogen-bond donors (Lipinski definition) is 0. The molecule has 0 aliphatic carbocycles. The van der Waals surface area contributed by atoms with Gasteiger partial charge in [-0.1, -0.05) is 23.7 Å². The van der Waals surface area contributed by atoms with Gasteiger partial charge in [0.15, 0.2) is 0 Å². The number of aryl methyl sites for hydroxylation is 1. The average Bonchev–Trinajstić information content (AvgIpc) is 3.20. The van der Waals surface area contributed by atoms with Gasteiger partial charge in [-0.25, -0.2) is 4.68 Å². The smallest absolute Gasteiger partial charge is 0.314 e. The number of piperidine rings is 1. The lowest BCUT2D eigenvalue weighted by atomic mass is 9.75. The number of carbonyl (C=O) groups is 2. The first-order chi connectivity index (χ1) is 13.5. The van der Waals surface area contributed by atoms with Gasteiger partial charge in [-0.15, -0.1) is 5.10 Å². The second kappa shape index (κ2) is 9.14. The fourth-order valence-corrected chi connectivity index (χ4v) is 3.91. The van der Waals surface area contributed by atoms with Crippen LogP contribution in [0.2, 0.25) is 5.02 Å². The highest BCUT2D eigenvalue weighted by atomic mass is 35.5. The number of aromatic nitrogens is 4. The predicted octanol–water partition coefficient (Wildman–Crippen LogP) is 2.13. The number of carbonyl (C=O) groups excluding carboxylic acids is 2. The Hall–Kier alpha value is -2.48. The van der Waals surface area contributed by atoms with Crippen LogP contribution in [-0.2, 0) is 27.3 Å². The number of hydrogen-bond acceptors (Lipinski definition) is 6. The first kappa shape index (κ1) is 20.3. The van der Waals surface area contributed by atoms with Gasteiger partial charge in [0.1, 0.15) is 6.33 Å². The summed E-state index contributed by atoms with van der Waals surface area (Å²) in [5.41, 5.74) is 0.201. The molecule has 0 saturated carbocycles. The monoisotopic (exact) mass is 405 g/mol. The third-order valence-electron chi connectivity index (χ3n) is 5.02. The van der Waals surface area contributed by atoms with Gasteiger partial charge >= 0.3 is 5.97 Å². The number of amides is 1. The molecular formula is C19H24ClN5O3. The van der Waals surface area contributed by atoms with Crippen LogP contribution in [0.25, 0.3) is 0 Å². The van der Waals surface area contributed by atoms with E-state index in [0.717, 1.165) is 12.0 Å². The largest absolute Gasteiger partial charge is 0.466 e. The molecule has 1 aromatic heterocycles. The number of likely N-dealkylation sites (tertiary alicyclic amines) is 1. The van der Waals surface area contributed by atoms with Gasteiger partial charge in [-0.3, -0.25) is 9.59 Å². The zero-order valence-electron chi connectivity index (χ0n) is 15.9. The van der Waals surface area contributed by atoms with Crippen molar-refractivity contribution in [3.8, 4) is 0 Å². The normalized spacial score (nSPS) is 19.4. The van der Waals surface area contributed by atoms with E-state index in [4.69, 9.17) is 16.3 Å². The molecule has 9 heteroatoms. The number of esters is 1. The van der Waals surface area contributed by atoms with Crippen molar-refractivity contribution in [3.05, 3.63) is 41.2 Å². The summed E-state index contributed by atoms with van der Waals surface area (Å²) in [6.45, 7) is 3.48. The van der Waals surface area contributed by atoms with Crippen molar-refractivity contribution in [2.75, 3.05) is 19.7 Å². The minimum absolute atomic E-state index is 0.0185. The van der Waals surface area contributed by atoms with Crippen LogP contribution in [-0.4, -0.2) is 56.7 Å². The van der Waals surface area contributed by atoms with E-state index in [9.17, 15) is 9.59 Å². The number of nitrogens with zero attached hydrogens (tertiary/aromatic N) is 5. The van der Waals surface area contributed by atoms with E-state index in [1.165, 1.54) is 11.0 Å². The van der Waals surface area contributed by atoms with Gasteiger partial charge in [0, 0.05) is 24.5 Å². The van der Waals surface area contributed by atoms with Crippen LogP contribution in [0.1, 0.15) is 31.7 Å². The summed E-state index contributed by atoms with van der Waals surface area (Å²) in [6, 6.07) is 7.48. The molecule has 1 atom stereocenters. The number of halogens is 1. The van der Waals surface area contributed by atoms with Crippen LogP contribution in [0.4, 0.5) is 0 Å². The van der Waals surface area contributed by atoms with Gasteiger partial charge in [0.05, 0.1) is 18.6 Å². The van der Waals surface area contributed by atoms with E-state index in [0.29, 0.717) is 44.1 Å². The molecule has 2 aromatic rings. The summed E-state index contributed by atoms with van der Waals surface area (Å²) < 4.78 is 6.91. The lowest BCUT2D eigenvalue weighted by molar-refractivity contribution is -0.160. The van der Waals surface area contributed by atoms with Crippen molar-refractivity contribution in [1.82, 2.24) is 25.1 Å². The molecule has 1 aliphatic rings. The van der Waals surface area contributed by atoms with Crippen LogP contribution >= 0.6 is 11.6 Å². The minimum Gasteiger partial charge on any atom is -0.466 e. The van der Waals surface area contributed by atoms with Crippen LogP contribution in [0, 0.1) is 5.41 Å². The van der Waals surface area contributed by atoms with Crippen LogP contribution in [0.15, 0.2) is 30.6 Å². The molecule has 1 amide bonds. The molecule has 0 radical (unpaired) electrons. The molecule has 150 valence electrons. The van der Waals surface area contributed by atoms with Crippen LogP contribution in [0.3, 0.4) is 0 Å². The Morgan fingerprint density at radius 1 is 1.36 bits per heavy atom. The van der Waals surface area contributed by atoms with E-state index >= 15 is 0 Å². The van der Waals surface area contributed by atoms with Crippen molar-refractivity contribution in [2.45, 2.75) is 39.2 Å². The third kappa shape index (κ3) is 4.86. The molecule has 0 unspecified atom stereocenters. The average molecular weight is 406 g/mol. The topological polar surface area (TPSA) is 90.2 Å². The zero-order chi connectivity index (χ0) is 20.0. The summed E-state index contributed by atoms with van der Waals surface area (Å²) in [4.78, 5) is 27.4. The number of tetrazole rings is 1. The Morgan fingerprint density at radius 3 is 2.93 bits per heavy atom. The molecule has 1 aromatic carbocycles. The molecule has 1 fully saturated rings. The predicted molar refractivity (Wildman–Crippen MR) is 102 cm³/mol. The van der Waals surface area contributed by atoms with Gasteiger partial charge in [-0.2, -0.15) is 0 Å². The molecular weight excluding hydrogens is 382 g/mol. The molecule has 8 nitrogen and oxygen atoms in total. The van der Waals surface area contributed by atoms with E-state index in [-0.39, 0.29) is 18.3 Å². The Labute approximate surface area is 168 Å². The van der Waals surface area contributed by atoms with Crippen molar-refractivity contribution >= 4 is 23.5 Å². The highest BCUT2D eigenvalue weighted by Gasteiger charge is 2.44. The first-order valence-electron chi connectivity index (χ1n) is 9.42. The number of benzene rings is 1. The number of ether oxygens (including phenoxy) is 1. The molecule has 28 heavy (non-hydrogen) atoms. The van der Waals surface area contributed by atoms with Crippen LogP contribution in [0.5, 0.6) is 0 Å². The molecule has 0 N–H and O–H groups in total. The molecule has 3 rings (SSSR count). The van der Waals surface area contributed by atoms with Crippen molar-refractivity contribution < 1.29 is 14.3 Å². The SMILES string of the molecule is CCOC(=O)[C@@]1(Cc2cccc(Cl)c2)CCCN(C(=O)CCn2cnnn2)C1. The summed E-state index contributed by atoms with van der Waals surface area (Å²) in [7, 11) is 0. The minimum atomic E-state index is -0.761. The van der Waals surface area contributed by atoms with E-state index in [2.05, 4.69) is 15.5 Å². The number of rotatable bonds is 7. The zero-order valence-corrected chi connectivity index (χ0v) is 16.6. The maximum absolute atomic E-state index is 12.9. The Kier molecular flexibility index (Phi) is 6.61. The fraction of sp³-hybridized carbons (Fsp3) is 0.526.